The number of hydrogen-bond acceptors (Lipinski definition) is 4. The summed E-state index contributed by atoms with van der Waals surface area (Å²) in [7, 11) is 0. The van der Waals surface area contributed by atoms with Crippen molar-refractivity contribution in [1.29, 1.82) is 0 Å². The molecule has 1 aliphatic heterocycles. The van der Waals surface area contributed by atoms with Crippen molar-refractivity contribution in [3.8, 4) is 0 Å². The highest BCUT2D eigenvalue weighted by Gasteiger charge is 2.20. The average Bonchev–Trinajstić information content (AvgIpc) is 2.36. The lowest BCUT2D eigenvalue weighted by molar-refractivity contribution is -0.163. The maximum absolute atomic E-state index is 11.7. The summed E-state index contributed by atoms with van der Waals surface area (Å²) < 4.78 is 16.0. The van der Waals surface area contributed by atoms with Gasteiger partial charge in [0.25, 0.3) is 0 Å². The Kier molecular flexibility index (Phi) is 6.70. The summed E-state index contributed by atoms with van der Waals surface area (Å²) >= 11 is 0. The number of allylic oxidation sites excluding steroid dienone is 1. The topological polar surface area (TPSA) is 44.8 Å². The Morgan fingerprint density at radius 3 is 2.82 bits per heavy atom. The average molecular weight is 242 g/mol. The molecule has 0 radical (unpaired) electrons. The lowest BCUT2D eigenvalue weighted by Gasteiger charge is -2.24. The molecular weight excluding hydrogens is 220 g/mol. The van der Waals surface area contributed by atoms with Crippen LogP contribution in [0.5, 0.6) is 0 Å². The smallest absolute Gasteiger partial charge is 0.373 e. The summed E-state index contributed by atoms with van der Waals surface area (Å²) in [6.07, 6.45) is 6.25. The minimum atomic E-state index is -0.393. The highest BCUT2D eigenvalue weighted by atomic mass is 16.7. The quantitative estimate of drug-likeness (QED) is 0.408. The summed E-state index contributed by atoms with van der Waals surface area (Å²) in [5.41, 5.74) is 0. The first-order valence-corrected chi connectivity index (χ1v) is 6.43. The van der Waals surface area contributed by atoms with Gasteiger partial charge in [0.1, 0.15) is 0 Å². The normalized spacial score (nSPS) is 21.1. The molecule has 1 heterocycles. The van der Waals surface area contributed by atoms with Gasteiger partial charge in [-0.1, -0.05) is 13.3 Å². The van der Waals surface area contributed by atoms with Crippen molar-refractivity contribution < 1.29 is 19.0 Å². The lowest BCUT2D eigenvalue weighted by Crippen LogP contribution is -2.24. The maximum atomic E-state index is 11.7. The molecule has 1 saturated heterocycles. The molecule has 0 aromatic rings. The largest absolute Gasteiger partial charge is 0.460 e. The first kappa shape index (κ1) is 14.0. The molecule has 4 nitrogen and oxygen atoms in total. The van der Waals surface area contributed by atoms with Gasteiger partial charge in [-0.3, -0.25) is 0 Å². The van der Waals surface area contributed by atoms with Crippen molar-refractivity contribution in [3.05, 3.63) is 11.8 Å². The Labute approximate surface area is 103 Å². The van der Waals surface area contributed by atoms with E-state index in [1.54, 1.807) is 13.0 Å². The predicted octanol–water partition coefficient (Wildman–Crippen LogP) is 2.78. The summed E-state index contributed by atoms with van der Waals surface area (Å²) in [5, 5.41) is 0. The van der Waals surface area contributed by atoms with Crippen LogP contribution in [0.15, 0.2) is 11.8 Å². The molecule has 1 fully saturated rings. The second kappa shape index (κ2) is 8.12. The van der Waals surface area contributed by atoms with E-state index >= 15 is 0 Å². The van der Waals surface area contributed by atoms with Gasteiger partial charge >= 0.3 is 5.97 Å². The van der Waals surface area contributed by atoms with Crippen molar-refractivity contribution in [2.45, 2.75) is 52.2 Å². The van der Waals surface area contributed by atoms with Gasteiger partial charge in [-0.05, 0) is 32.3 Å². The monoisotopic (exact) mass is 242 g/mol. The standard InChI is InChI=1S/C13H22O4/c1-3-5-8-11(13(14)15-4-2)17-12-9-6-7-10-16-12/h8,12H,3-7,9-10H2,1-2H3. The van der Waals surface area contributed by atoms with Gasteiger partial charge in [0, 0.05) is 6.42 Å². The summed E-state index contributed by atoms with van der Waals surface area (Å²) in [6, 6.07) is 0. The van der Waals surface area contributed by atoms with E-state index < -0.39 is 5.97 Å². The van der Waals surface area contributed by atoms with Crippen molar-refractivity contribution in [1.82, 2.24) is 0 Å². The van der Waals surface area contributed by atoms with Crippen LogP contribution in [0.4, 0.5) is 0 Å². The van der Waals surface area contributed by atoms with E-state index in [2.05, 4.69) is 6.92 Å². The number of rotatable bonds is 6. The maximum Gasteiger partial charge on any atom is 0.373 e. The predicted molar refractivity (Wildman–Crippen MR) is 64.3 cm³/mol. The van der Waals surface area contributed by atoms with E-state index in [4.69, 9.17) is 14.2 Å². The van der Waals surface area contributed by atoms with Crippen LogP contribution in [0.2, 0.25) is 0 Å². The van der Waals surface area contributed by atoms with E-state index in [0.29, 0.717) is 19.0 Å². The van der Waals surface area contributed by atoms with Crippen LogP contribution in [0.25, 0.3) is 0 Å². The number of hydrogen-bond donors (Lipinski definition) is 0. The fourth-order valence-corrected chi connectivity index (χ4v) is 1.60. The Bertz CT molecular complexity index is 254. The SMILES string of the molecule is CCCC=C(OC1CCCCO1)C(=O)OCC. The third-order valence-corrected chi connectivity index (χ3v) is 2.49. The summed E-state index contributed by atoms with van der Waals surface area (Å²) in [5.74, 6) is -0.101. The van der Waals surface area contributed by atoms with Crippen molar-refractivity contribution in [3.63, 3.8) is 0 Å². The summed E-state index contributed by atoms with van der Waals surface area (Å²) in [4.78, 5) is 11.7. The van der Waals surface area contributed by atoms with E-state index in [0.717, 1.165) is 32.1 Å². The molecule has 17 heavy (non-hydrogen) atoms. The van der Waals surface area contributed by atoms with E-state index in [1.807, 2.05) is 0 Å². The summed E-state index contributed by atoms with van der Waals surface area (Å²) in [6.45, 7) is 4.90. The van der Waals surface area contributed by atoms with E-state index in [1.165, 1.54) is 0 Å². The second-order valence-corrected chi connectivity index (χ2v) is 3.99. The molecule has 0 aliphatic carbocycles. The molecule has 1 rings (SSSR count). The number of esters is 1. The van der Waals surface area contributed by atoms with Crippen LogP contribution in [-0.2, 0) is 19.0 Å². The lowest BCUT2D eigenvalue weighted by atomic mass is 10.2. The van der Waals surface area contributed by atoms with Gasteiger partial charge in [0.2, 0.25) is 5.76 Å². The second-order valence-electron chi connectivity index (χ2n) is 3.99. The van der Waals surface area contributed by atoms with Crippen molar-refractivity contribution in [2.24, 2.45) is 0 Å². The Hall–Kier alpha value is -1.03. The molecular formula is C13H22O4. The Balaban J connectivity index is 2.52. The van der Waals surface area contributed by atoms with Crippen LogP contribution in [0.3, 0.4) is 0 Å². The number of carbonyl (C=O) groups excluding carboxylic acids is 1. The zero-order valence-corrected chi connectivity index (χ0v) is 10.7. The van der Waals surface area contributed by atoms with Gasteiger partial charge in [0.15, 0.2) is 6.29 Å². The fourth-order valence-electron chi connectivity index (χ4n) is 1.60. The minimum absolute atomic E-state index is 0.292. The van der Waals surface area contributed by atoms with Crippen LogP contribution >= 0.6 is 0 Å². The van der Waals surface area contributed by atoms with E-state index in [9.17, 15) is 4.79 Å². The van der Waals surface area contributed by atoms with Crippen molar-refractivity contribution >= 4 is 5.97 Å². The first-order valence-electron chi connectivity index (χ1n) is 6.43. The molecule has 98 valence electrons. The van der Waals surface area contributed by atoms with Gasteiger partial charge < -0.3 is 14.2 Å². The number of ether oxygens (including phenoxy) is 3. The third-order valence-electron chi connectivity index (χ3n) is 2.49. The van der Waals surface area contributed by atoms with Gasteiger partial charge in [-0.15, -0.1) is 0 Å². The molecule has 0 spiro atoms. The first-order chi connectivity index (χ1) is 8.27. The molecule has 1 unspecified atom stereocenters. The number of carbonyl (C=O) groups is 1. The van der Waals surface area contributed by atoms with Crippen LogP contribution in [0, 0.1) is 0 Å². The van der Waals surface area contributed by atoms with Crippen molar-refractivity contribution in [2.75, 3.05) is 13.2 Å². The Morgan fingerprint density at radius 1 is 1.41 bits per heavy atom. The third kappa shape index (κ3) is 5.22. The molecule has 0 saturated carbocycles. The Morgan fingerprint density at radius 2 is 2.24 bits per heavy atom. The fraction of sp³-hybridized carbons (Fsp3) is 0.769. The van der Waals surface area contributed by atoms with Crippen LogP contribution in [0.1, 0.15) is 46.0 Å². The molecule has 1 aliphatic rings. The van der Waals surface area contributed by atoms with Crippen LogP contribution in [-0.4, -0.2) is 25.5 Å². The molecule has 0 aromatic carbocycles. The number of unbranched alkanes of at least 4 members (excludes halogenated alkanes) is 1. The van der Waals surface area contributed by atoms with Gasteiger partial charge in [0.05, 0.1) is 13.2 Å². The van der Waals surface area contributed by atoms with E-state index in [-0.39, 0.29) is 6.29 Å². The minimum Gasteiger partial charge on any atom is -0.460 e. The van der Waals surface area contributed by atoms with Gasteiger partial charge in [-0.2, -0.15) is 0 Å². The highest BCUT2D eigenvalue weighted by Crippen LogP contribution is 2.18. The molecule has 0 bridgehead atoms. The zero-order chi connectivity index (χ0) is 12.5. The van der Waals surface area contributed by atoms with Gasteiger partial charge in [-0.25, -0.2) is 4.79 Å². The molecule has 0 amide bonds. The molecule has 1 atom stereocenters. The molecule has 0 N–H and O–H groups in total. The molecule has 4 heteroatoms. The zero-order valence-electron chi connectivity index (χ0n) is 10.7. The molecule has 0 aromatic heterocycles. The highest BCUT2D eigenvalue weighted by molar-refractivity contribution is 5.86. The van der Waals surface area contributed by atoms with Crippen LogP contribution < -0.4 is 0 Å².